The van der Waals surface area contributed by atoms with Crippen molar-refractivity contribution in [2.24, 2.45) is 7.05 Å². The zero-order valence-electron chi connectivity index (χ0n) is 20.9. The number of nitrogen functional groups attached to an aromatic ring is 1. The molecular formula is C27H18F5N7O2. The Morgan fingerprint density at radius 3 is 2.39 bits per heavy atom. The lowest BCUT2D eigenvalue weighted by Crippen LogP contribution is -2.22. The van der Waals surface area contributed by atoms with Crippen LogP contribution < -0.4 is 15.8 Å². The van der Waals surface area contributed by atoms with Crippen molar-refractivity contribution in [1.82, 2.24) is 24.7 Å². The van der Waals surface area contributed by atoms with Crippen LogP contribution in [0.5, 0.6) is 11.5 Å². The number of anilines is 2. The van der Waals surface area contributed by atoms with Gasteiger partial charge in [0.15, 0.2) is 11.6 Å². The summed E-state index contributed by atoms with van der Waals surface area (Å²) in [5, 5.41) is 6.29. The molecule has 41 heavy (non-hydrogen) atoms. The molecule has 0 saturated carbocycles. The summed E-state index contributed by atoms with van der Waals surface area (Å²) < 4.78 is 77.8. The van der Waals surface area contributed by atoms with Crippen LogP contribution in [0.25, 0.3) is 22.4 Å². The Kier molecular flexibility index (Phi) is 7.05. The van der Waals surface area contributed by atoms with Crippen LogP contribution in [-0.4, -0.2) is 30.6 Å². The van der Waals surface area contributed by atoms with E-state index in [4.69, 9.17) is 10.5 Å². The molecule has 2 aromatic carbocycles. The first-order chi connectivity index (χ1) is 19.5. The van der Waals surface area contributed by atoms with Crippen molar-refractivity contribution in [2.45, 2.75) is 6.18 Å². The van der Waals surface area contributed by atoms with E-state index in [1.54, 1.807) is 13.2 Å². The van der Waals surface area contributed by atoms with Crippen molar-refractivity contribution in [3.05, 3.63) is 96.3 Å². The highest BCUT2D eigenvalue weighted by molar-refractivity contribution is 6.04. The topological polar surface area (TPSA) is 121 Å². The maximum atomic E-state index is 15.0. The molecule has 3 aromatic heterocycles. The minimum Gasteiger partial charge on any atom is -0.453 e. The number of pyridine rings is 1. The van der Waals surface area contributed by atoms with Crippen LogP contribution in [-0.2, 0) is 13.2 Å². The number of benzene rings is 2. The number of aryl methyl sites for hydroxylation is 1. The second kappa shape index (κ2) is 10.6. The van der Waals surface area contributed by atoms with E-state index in [9.17, 15) is 22.4 Å². The third-order valence-electron chi connectivity index (χ3n) is 5.81. The van der Waals surface area contributed by atoms with E-state index in [-0.39, 0.29) is 28.6 Å². The van der Waals surface area contributed by atoms with Crippen LogP contribution in [0.4, 0.5) is 33.5 Å². The van der Waals surface area contributed by atoms with Crippen LogP contribution in [0, 0.1) is 11.6 Å². The number of rotatable bonds is 6. The fourth-order valence-electron chi connectivity index (χ4n) is 4.01. The molecule has 5 rings (SSSR count). The third kappa shape index (κ3) is 5.66. The summed E-state index contributed by atoms with van der Waals surface area (Å²) in [6, 6.07) is 8.88. The lowest BCUT2D eigenvalue weighted by Gasteiger charge is -2.16. The van der Waals surface area contributed by atoms with Crippen molar-refractivity contribution in [1.29, 1.82) is 0 Å². The normalized spacial score (nSPS) is 11.4. The van der Waals surface area contributed by atoms with Gasteiger partial charge in [0, 0.05) is 42.3 Å². The number of nitrogens with one attached hydrogen (secondary N) is 1. The first-order valence-electron chi connectivity index (χ1n) is 11.7. The predicted molar refractivity (Wildman–Crippen MR) is 138 cm³/mol. The van der Waals surface area contributed by atoms with Gasteiger partial charge in [0.2, 0.25) is 0 Å². The molecule has 0 spiro atoms. The minimum atomic E-state index is -5.04. The van der Waals surface area contributed by atoms with E-state index in [0.29, 0.717) is 11.1 Å². The number of halogens is 5. The van der Waals surface area contributed by atoms with E-state index in [1.165, 1.54) is 35.3 Å². The van der Waals surface area contributed by atoms with Crippen LogP contribution in [0.1, 0.15) is 16.1 Å². The molecule has 0 radical (unpaired) electrons. The monoisotopic (exact) mass is 567 g/mol. The maximum Gasteiger partial charge on any atom is 0.420 e. The van der Waals surface area contributed by atoms with Crippen LogP contribution in [0.3, 0.4) is 0 Å². The Morgan fingerprint density at radius 1 is 0.976 bits per heavy atom. The highest BCUT2D eigenvalue weighted by Gasteiger charge is 2.40. The van der Waals surface area contributed by atoms with Gasteiger partial charge in [-0.2, -0.15) is 18.3 Å². The fraction of sp³-hybridized carbons (Fsp3) is 0.0741. The predicted octanol–water partition coefficient (Wildman–Crippen LogP) is 5.86. The van der Waals surface area contributed by atoms with Gasteiger partial charge in [-0.1, -0.05) is 0 Å². The second-order valence-electron chi connectivity index (χ2n) is 8.62. The standard InChI is InChI=1S/C27H18F5N7O2/c1-39-12-15(11-37-39)21-20(8-9-34-25(21)33)41-19-7-6-17(10-18(19)29)38-26(40)24-22(27(30,31)32)23(35-13-36-24)14-2-4-16(28)5-3-14/h2-13H,1H3,(H2,33,34)(H,38,40). The molecule has 0 atom stereocenters. The van der Waals surface area contributed by atoms with E-state index < -0.39 is 40.7 Å². The van der Waals surface area contributed by atoms with Crippen LogP contribution >= 0.6 is 0 Å². The number of hydrogen-bond donors (Lipinski definition) is 2. The van der Waals surface area contributed by atoms with Gasteiger partial charge in [0.25, 0.3) is 5.91 Å². The van der Waals surface area contributed by atoms with Crippen molar-refractivity contribution in [3.8, 4) is 33.9 Å². The quantitative estimate of drug-likeness (QED) is 0.247. The molecule has 3 heterocycles. The number of carbonyl (C=O) groups excluding carboxylic acids is 1. The maximum absolute atomic E-state index is 15.0. The summed E-state index contributed by atoms with van der Waals surface area (Å²) in [7, 11) is 1.70. The van der Waals surface area contributed by atoms with Gasteiger partial charge in [0.05, 0.1) is 17.5 Å². The lowest BCUT2D eigenvalue weighted by molar-refractivity contribution is -0.137. The Balaban J connectivity index is 1.43. The molecule has 1 amide bonds. The van der Waals surface area contributed by atoms with E-state index in [1.807, 2.05) is 0 Å². The van der Waals surface area contributed by atoms with Crippen molar-refractivity contribution < 1.29 is 31.5 Å². The number of ether oxygens (including phenoxy) is 1. The molecule has 0 aliphatic carbocycles. The fourth-order valence-corrected chi connectivity index (χ4v) is 4.01. The first-order valence-corrected chi connectivity index (χ1v) is 11.7. The van der Waals surface area contributed by atoms with Gasteiger partial charge in [-0.15, -0.1) is 0 Å². The van der Waals surface area contributed by atoms with Crippen molar-refractivity contribution >= 4 is 17.4 Å². The van der Waals surface area contributed by atoms with E-state index >= 15 is 4.39 Å². The van der Waals surface area contributed by atoms with E-state index in [0.717, 1.165) is 36.7 Å². The second-order valence-corrected chi connectivity index (χ2v) is 8.62. The highest BCUT2D eigenvalue weighted by Crippen LogP contribution is 2.39. The molecule has 0 aliphatic rings. The van der Waals surface area contributed by atoms with Gasteiger partial charge in [-0.25, -0.2) is 23.7 Å². The van der Waals surface area contributed by atoms with Crippen LogP contribution in [0.2, 0.25) is 0 Å². The minimum absolute atomic E-state index is 0.0786. The van der Waals surface area contributed by atoms with E-state index in [2.05, 4.69) is 25.4 Å². The average Bonchev–Trinajstić information content (AvgIpc) is 3.35. The molecule has 0 bridgehead atoms. The number of hydrogen-bond acceptors (Lipinski definition) is 7. The Labute approximate surface area is 228 Å². The molecule has 0 fully saturated rings. The van der Waals surface area contributed by atoms with Gasteiger partial charge < -0.3 is 15.8 Å². The zero-order valence-corrected chi connectivity index (χ0v) is 20.9. The average molecular weight is 567 g/mol. The Hall–Kier alpha value is -5.40. The number of alkyl halides is 3. The van der Waals surface area contributed by atoms with Crippen molar-refractivity contribution in [3.63, 3.8) is 0 Å². The van der Waals surface area contributed by atoms with Gasteiger partial charge in [-0.3, -0.25) is 9.48 Å². The molecule has 9 nitrogen and oxygen atoms in total. The zero-order chi connectivity index (χ0) is 29.3. The molecular weight excluding hydrogens is 549 g/mol. The summed E-state index contributed by atoms with van der Waals surface area (Å²) in [5.74, 6) is -2.83. The number of aromatic nitrogens is 5. The Morgan fingerprint density at radius 2 is 1.73 bits per heavy atom. The van der Waals surface area contributed by atoms with Gasteiger partial charge in [0.1, 0.15) is 35.0 Å². The summed E-state index contributed by atoms with van der Waals surface area (Å²) in [5.41, 5.74) is 3.66. The van der Waals surface area contributed by atoms with Crippen molar-refractivity contribution in [2.75, 3.05) is 11.1 Å². The molecule has 0 unspecified atom stereocenters. The molecule has 3 N–H and O–H groups in total. The number of nitrogens with zero attached hydrogens (tertiary/aromatic N) is 5. The summed E-state index contributed by atoms with van der Waals surface area (Å²) >= 11 is 0. The summed E-state index contributed by atoms with van der Waals surface area (Å²) in [6.45, 7) is 0. The highest BCUT2D eigenvalue weighted by atomic mass is 19.4. The van der Waals surface area contributed by atoms with Gasteiger partial charge in [-0.05, 0) is 42.5 Å². The van der Waals surface area contributed by atoms with Gasteiger partial charge >= 0.3 is 6.18 Å². The molecule has 208 valence electrons. The summed E-state index contributed by atoms with van der Waals surface area (Å²) in [6.07, 6.45) is 0.300. The number of carbonyl (C=O) groups is 1. The number of amides is 1. The third-order valence-corrected chi connectivity index (χ3v) is 5.81. The lowest BCUT2D eigenvalue weighted by atomic mass is 10.0. The largest absolute Gasteiger partial charge is 0.453 e. The first kappa shape index (κ1) is 27.2. The molecule has 5 aromatic rings. The van der Waals surface area contributed by atoms with Crippen LogP contribution in [0.15, 0.2) is 73.4 Å². The molecule has 0 aliphatic heterocycles. The summed E-state index contributed by atoms with van der Waals surface area (Å²) in [4.78, 5) is 24.1. The smallest absolute Gasteiger partial charge is 0.420 e. The Bertz CT molecular complexity index is 1750. The number of nitrogens with two attached hydrogens (primary N) is 1. The molecule has 0 saturated heterocycles. The SMILES string of the molecule is Cn1cc(-c2c(Oc3ccc(NC(=O)c4ncnc(-c5ccc(F)cc5)c4C(F)(F)F)cc3F)ccnc2N)cn1. The molecule has 14 heteroatoms.